The Morgan fingerprint density at radius 3 is 2.39 bits per heavy atom. The van der Waals surface area contributed by atoms with Gasteiger partial charge in [0.1, 0.15) is 0 Å². The van der Waals surface area contributed by atoms with Gasteiger partial charge in [-0.3, -0.25) is 0 Å². The van der Waals surface area contributed by atoms with Gasteiger partial charge in [0.05, 0.1) is 16.6 Å². The van der Waals surface area contributed by atoms with Crippen molar-refractivity contribution >= 4 is 9.84 Å². The highest BCUT2D eigenvalue weighted by Gasteiger charge is 2.31. The average Bonchev–Trinajstić information content (AvgIpc) is 2.29. The van der Waals surface area contributed by atoms with E-state index in [1.807, 2.05) is 0 Å². The summed E-state index contributed by atoms with van der Waals surface area (Å²) in [5.74, 6) is 0.850. The number of hydrogen-bond donors (Lipinski definition) is 2. The van der Waals surface area contributed by atoms with Crippen molar-refractivity contribution < 1.29 is 13.5 Å². The van der Waals surface area contributed by atoms with E-state index in [1.54, 1.807) is 13.8 Å². The van der Waals surface area contributed by atoms with Crippen LogP contribution in [0.15, 0.2) is 0 Å². The fourth-order valence-electron chi connectivity index (χ4n) is 2.25. The Bertz CT molecular complexity index is 343. The molecule has 5 heteroatoms. The fraction of sp³-hybridized carbons (Fsp3) is 1.00. The van der Waals surface area contributed by atoms with Crippen molar-refractivity contribution in [1.29, 1.82) is 0 Å². The predicted molar refractivity (Wildman–Crippen MR) is 74.4 cm³/mol. The molecule has 0 radical (unpaired) electrons. The Morgan fingerprint density at radius 1 is 1.33 bits per heavy atom. The molecule has 0 amide bonds. The van der Waals surface area contributed by atoms with Crippen LogP contribution in [0.1, 0.15) is 46.5 Å². The van der Waals surface area contributed by atoms with Crippen molar-refractivity contribution in [1.82, 2.24) is 5.32 Å². The van der Waals surface area contributed by atoms with Gasteiger partial charge in [-0.15, -0.1) is 0 Å². The number of nitrogens with one attached hydrogen (secondary N) is 1. The molecule has 0 spiro atoms. The van der Waals surface area contributed by atoms with Gasteiger partial charge in [0.15, 0.2) is 9.84 Å². The summed E-state index contributed by atoms with van der Waals surface area (Å²) in [4.78, 5) is 0. The molecular weight excluding hydrogens is 250 g/mol. The summed E-state index contributed by atoms with van der Waals surface area (Å²) < 4.78 is 23.2. The van der Waals surface area contributed by atoms with Crippen molar-refractivity contribution in [2.24, 2.45) is 5.92 Å². The van der Waals surface area contributed by atoms with E-state index >= 15 is 0 Å². The Labute approximate surface area is 111 Å². The quantitative estimate of drug-likeness (QED) is 0.719. The number of hydrogen-bond acceptors (Lipinski definition) is 4. The molecule has 1 fully saturated rings. The van der Waals surface area contributed by atoms with Crippen molar-refractivity contribution in [2.75, 3.05) is 18.8 Å². The smallest absolute Gasteiger partial charge is 0.153 e. The van der Waals surface area contributed by atoms with Gasteiger partial charge < -0.3 is 10.4 Å². The second-order valence-corrected chi connectivity index (χ2v) is 8.68. The third-order valence-electron chi connectivity index (χ3n) is 3.94. The van der Waals surface area contributed by atoms with Crippen molar-refractivity contribution in [3.8, 4) is 0 Å². The SMILES string of the molecule is CC1CCC(O)(CNCCS(=O)(=O)C(C)C)CC1. The largest absolute Gasteiger partial charge is 0.389 e. The van der Waals surface area contributed by atoms with E-state index in [0.717, 1.165) is 25.7 Å². The maximum atomic E-state index is 11.6. The van der Waals surface area contributed by atoms with Gasteiger partial charge in [0.25, 0.3) is 0 Å². The van der Waals surface area contributed by atoms with Gasteiger partial charge in [-0.05, 0) is 45.4 Å². The standard InChI is InChI=1S/C13H27NO3S/c1-11(2)18(16,17)9-8-14-10-13(15)6-4-12(3)5-7-13/h11-12,14-15H,4-10H2,1-3H3. The molecule has 0 unspecified atom stereocenters. The lowest BCUT2D eigenvalue weighted by molar-refractivity contribution is -0.00559. The molecular formula is C13H27NO3S. The van der Waals surface area contributed by atoms with E-state index < -0.39 is 15.4 Å². The van der Waals surface area contributed by atoms with Crippen LogP contribution in [0.4, 0.5) is 0 Å². The van der Waals surface area contributed by atoms with Crippen LogP contribution in [0.2, 0.25) is 0 Å². The van der Waals surface area contributed by atoms with Gasteiger partial charge in [-0.25, -0.2) is 8.42 Å². The Hall–Kier alpha value is -0.130. The summed E-state index contributed by atoms with van der Waals surface area (Å²) >= 11 is 0. The molecule has 4 nitrogen and oxygen atoms in total. The average molecular weight is 277 g/mol. The highest BCUT2D eigenvalue weighted by molar-refractivity contribution is 7.92. The van der Waals surface area contributed by atoms with E-state index in [1.165, 1.54) is 0 Å². The lowest BCUT2D eigenvalue weighted by atomic mass is 9.79. The maximum Gasteiger partial charge on any atom is 0.153 e. The molecule has 0 aromatic carbocycles. The summed E-state index contributed by atoms with van der Waals surface area (Å²) in [7, 11) is -2.97. The minimum Gasteiger partial charge on any atom is -0.389 e. The molecule has 108 valence electrons. The molecule has 1 saturated carbocycles. The van der Waals surface area contributed by atoms with Gasteiger partial charge in [0.2, 0.25) is 0 Å². The molecule has 0 bridgehead atoms. The van der Waals surface area contributed by atoms with E-state index in [0.29, 0.717) is 19.0 Å². The topological polar surface area (TPSA) is 66.4 Å². The van der Waals surface area contributed by atoms with Crippen LogP contribution in [0.25, 0.3) is 0 Å². The fourth-order valence-corrected chi connectivity index (χ4v) is 3.15. The van der Waals surface area contributed by atoms with Crippen molar-refractivity contribution in [2.45, 2.75) is 57.3 Å². The zero-order chi connectivity index (χ0) is 13.8. The van der Waals surface area contributed by atoms with E-state index in [4.69, 9.17) is 0 Å². The second kappa shape index (κ2) is 6.35. The first-order valence-electron chi connectivity index (χ1n) is 6.90. The molecule has 18 heavy (non-hydrogen) atoms. The molecule has 0 atom stereocenters. The highest BCUT2D eigenvalue weighted by Crippen LogP contribution is 2.31. The van der Waals surface area contributed by atoms with Crippen LogP contribution in [0, 0.1) is 5.92 Å². The van der Waals surface area contributed by atoms with Gasteiger partial charge in [-0.2, -0.15) is 0 Å². The first kappa shape index (κ1) is 15.9. The zero-order valence-electron chi connectivity index (χ0n) is 11.8. The van der Waals surface area contributed by atoms with Gasteiger partial charge in [0, 0.05) is 13.1 Å². The van der Waals surface area contributed by atoms with Crippen LogP contribution in [-0.4, -0.2) is 43.2 Å². The number of rotatable bonds is 6. The Kier molecular flexibility index (Phi) is 5.62. The summed E-state index contributed by atoms with van der Waals surface area (Å²) in [5, 5.41) is 13.1. The highest BCUT2D eigenvalue weighted by atomic mass is 32.2. The molecule has 0 saturated heterocycles. The van der Waals surface area contributed by atoms with Gasteiger partial charge in [-0.1, -0.05) is 6.92 Å². The first-order valence-corrected chi connectivity index (χ1v) is 8.61. The number of sulfone groups is 1. The van der Waals surface area contributed by atoms with E-state index in [-0.39, 0.29) is 11.0 Å². The minimum absolute atomic E-state index is 0.150. The summed E-state index contributed by atoms with van der Waals surface area (Å²) in [6.07, 6.45) is 3.75. The van der Waals surface area contributed by atoms with Crippen LogP contribution in [0.5, 0.6) is 0 Å². The van der Waals surface area contributed by atoms with E-state index in [9.17, 15) is 13.5 Å². The van der Waals surface area contributed by atoms with Crippen LogP contribution in [-0.2, 0) is 9.84 Å². The molecule has 0 aromatic rings. The zero-order valence-corrected chi connectivity index (χ0v) is 12.6. The Morgan fingerprint density at radius 2 is 1.89 bits per heavy atom. The lowest BCUT2D eigenvalue weighted by Gasteiger charge is -2.35. The molecule has 0 aromatic heterocycles. The maximum absolute atomic E-state index is 11.6. The lowest BCUT2D eigenvalue weighted by Crippen LogP contribution is -2.44. The van der Waals surface area contributed by atoms with Crippen LogP contribution in [0.3, 0.4) is 0 Å². The minimum atomic E-state index is -2.97. The monoisotopic (exact) mass is 277 g/mol. The number of aliphatic hydroxyl groups is 1. The molecule has 1 aliphatic carbocycles. The Balaban J connectivity index is 2.26. The third kappa shape index (κ3) is 4.86. The summed E-state index contributed by atoms with van der Waals surface area (Å²) in [5.41, 5.74) is -0.631. The van der Waals surface area contributed by atoms with E-state index in [2.05, 4.69) is 12.2 Å². The van der Waals surface area contributed by atoms with Crippen LogP contribution < -0.4 is 5.32 Å². The summed E-state index contributed by atoms with van der Waals surface area (Å²) in [6, 6.07) is 0. The normalized spacial score (nSPS) is 29.7. The molecule has 1 aliphatic rings. The molecule has 1 rings (SSSR count). The predicted octanol–water partition coefficient (Wildman–Crippen LogP) is 1.34. The molecule has 2 N–H and O–H groups in total. The summed E-state index contributed by atoms with van der Waals surface area (Å²) in [6.45, 7) is 6.55. The third-order valence-corrected chi connectivity index (χ3v) is 6.15. The molecule has 0 heterocycles. The van der Waals surface area contributed by atoms with Crippen molar-refractivity contribution in [3.05, 3.63) is 0 Å². The van der Waals surface area contributed by atoms with Crippen LogP contribution >= 0.6 is 0 Å². The van der Waals surface area contributed by atoms with Gasteiger partial charge >= 0.3 is 0 Å². The van der Waals surface area contributed by atoms with Crippen molar-refractivity contribution in [3.63, 3.8) is 0 Å². The second-order valence-electron chi connectivity index (χ2n) is 6.00. The first-order chi connectivity index (χ1) is 8.25. The molecule has 0 aliphatic heterocycles.